The smallest absolute Gasteiger partial charge is 0.306 e. The van der Waals surface area contributed by atoms with E-state index in [1.165, 1.54) is 38.5 Å². The van der Waals surface area contributed by atoms with Crippen LogP contribution in [-0.2, 0) is 28.6 Å². The Hall–Kier alpha value is -4.71. The first-order valence-corrected chi connectivity index (χ1v) is 25.4. The highest BCUT2D eigenvalue weighted by Crippen LogP contribution is 2.11. The second-order valence-corrected chi connectivity index (χ2v) is 16.1. The van der Waals surface area contributed by atoms with Crippen LogP contribution >= 0.6 is 0 Å². The van der Waals surface area contributed by atoms with Crippen molar-refractivity contribution in [3.63, 3.8) is 0 Å². The summed E-state index contributed by atoms with van der Waals surface area (Å²) in [4.78, 5) is 37.9. The Balaban J connectivity index is 4.61. The number of ether oxygens (including phenoxy) is 3. The fourth-order valence-corrected chi connectivity index (χ4v) is 6.19. The summed E-state index contributed by atoms with van der Waals surface area (Å²) in [5.41, 5.74) is 0. The number of carbonyl (C=O) groups excluding carboxylic acids is 3. The Labute approximate surface area is 397 Å². The molecule has 0 amide bonds. The molecule has 0 spiro atoms. The van der Waals surface area contributed by atoms with Crippen molar-refractivity contribution < 1.29 is 28.6 Å². The van der Waals surface area contributed by atoms with Gasteiger partial charge >= 0.3 is 17.9 Å². The van der Waals surface area contributed by atoms with Gasteiger partial charge in [0, 0.05) is 19.3 Å². The van der Waals surface area contributed by atoms with Gasteiger partial charge in [-0.2, -0.15) is 0 Å². The van der Waals surface area contributed by atoms with E-state index in [-0.39, 0.29) is 44.0 Å². The maximum absolute atomic E-state index is 12.8. The number of allylic oxidation sites excluding steroid dienone is 24. The van der Waals surface area contributed by atoms with Gasteiger partial charge in [-0.15, -0.1) is 0 Å². The molecular formula is C59H90O6. The summed E-state index contributed by atoms with van der Waals surface area (Å²) in [5, 5.41) is 0. The van der Waals surface area contributed by atoms with Crippen molar-refractivity contribution in [3.05, 3.63) is 146 Å². The summed E-state index contributed by atoms with van der Waals surface area (Å²) >= 11 is 0. The van der Waals surface area contributed by atoms with Gasteiger partial charge < -0.3 is 14.2 Å². The van der Waals surface area contributed by atoms with E-state index in [0.717, 1.165) is 96.3 Å². The molecule has 1 atom stereocenters. The summed E-state index contributed by atoms with van der Waals surface area (Å²) < 4.78 is 16.7. The molecule has 65 heavy (non-hydrogen) atoms. The van der Waals surface area contributed by atoms with Gasteiger partial charge in [-0.25, -0.2) is 0 Å². The van der Waals surface area contributed by atoms with E-state index in [0.29, 0.717) is 19.3 Å². The molecule has 0 N–H and O–H groups in total. The number of carbonyl (C=O) groups is 3. The minimum Gasteiger partial charge on any atom is -0.462 e. The molecule has 0 radical (unpaired) electrons. The maximum atomic E-state index is 12.8. The van der Waals surface area contributed by atoms with Gasteiger partial charge in [-0.05, 0) is 103 Å². The third-order valence-corrected chi connectivity index (χ3v) is 9.95. The summed E-state index contributed by atoms with van der Waals surface area (Å²) in [6.07, 6.45) is 74.1. The highest BCUT2D eigenvalue weighted by atomic mass is 16.6. The quantitative estimate of drug-likeness (QED) is 0.0199. The van der Waals surface area contributed by atoms with Crippen LogP contribution in [0.25, 0.3) is 0 Å². The Bertz CT molecular complexity index is 1490. The summed E-state index contributed by atoms with van der Waals surface area (Å²) in [7, 11) is 0. The van der Waals surface area contributed by atoms with Crippen LogP contribution in [0.1, 0.15) is 188 Å². The highest BCUT2D eigenvalue weighted by Gasteiger charge is 2.19. The fourth-order valence-electron chi connectivity index (χ4n) is 6.19. The van der Waals surface area contributed by atoms with Gasteiger partial charge in [0.15, 0.2) is 6.10 Å². The molecule has 0 aromatic carbocycles. The van der Waals surface area contributed by atoms with E-state index in [4.69, 9.17) is 14.2 Å². The van der Waals surface area contributed by atoms with Gasteiger partial charge in [0.1, 0.15) is 13.2 Å². The molecule has 0 bridgehead atoms. The van der Waals surface area contributed by atoms with Crippen LogP contribution < -0.4 is 0 Å². The first-order chi connectivity index (χ1) is 32.0. The molecule has 0 aliphatic rings. The number of hydrogen-bond donors (Lipinski definition) is 0. The minimum atomic E-state index is -0.842. The molecule has 0 saturated carbocycles. The lowest BCUT2D eigenvalue weighted by Gasteiger charge is -2.18. The first-order valence-electron chi connectivity index (χ1n) is 25.4. The van der Waals surface area contributed by atoms with Crippen LogP contribution in [0.3, 0.4) is 0 Å². The Morgan fingerprint density at radius 1 is 0.338 bits per heavy atom. The molecule has 0 aliphatic carbocycles. The monoisotopic (exact) mass is 895 g/mol. The molecule has 6 nitrogen and oxygen atoms in total. The van der Waals surface area contributed by atoms with Gasteiger partial charge in [0.05, 0.1) is 0 Å². The average molecular weight is 895 g/mol. The van der Waals surface area contributed by atoms with Crippen molar-refractivity contribution in [2.75, 3.05) is 13.2 Å². The molecular weight excluding hydrogens is 805 g/mol. The highest BCUT2D eigenvalue weighted by molar-refractivity contribution is 5.71. The van der Waals surface area contributed by atoms with Crippen molar-refractivity contribution in [1.82, 2.24) is 0 Å². The van der Waals surface area contributed by atoms with E-state index in [1.807, 2.05) is 54.7 Å². The molecule has 0 aromatic heterocycles. The Morgan fingerprint density at radius 2 is 0.708 bits per heavy atom. The summed E-state index contributed by atoms with van der Waals surface area (Å²) in [5.74, 6) is -1.09. The van der Waals surface area contributed by atoms with E-state index < -0.39 is 6.10 Å². The predicted molar refractivity (Wildman–Crippen MR) is 279 cm³/mol. The Morgan fingerprint density at radius 3 is 1.22 bits per heavy atom. The zero-order chi connectivity index (χ0) is 47.2. The van der Waals surface area contributed by atoms with Gasteiger partial charge in [-0.1, -0.05) is 212 Å². The molecule has 1 unspecified atom stereocenters. The number of rotatable bonds is 43. The molecule has 0 heterocycles. The number of esters is 3. The molecule has 6 heteroatoms. The third-order valence-electron chi connectivity index (χ3n) is 9.95. The van der Waals surface area contributed by atoms with E-state index in [9.17, 15) is 14.4 Å². The Kier molecular flexibility index (Phi) is 48.2. The van der Waals surface area contributed by atoms with Crippen LogP contribution in [0.4, 0.5) is 0 Å². The molecule has 0 saturated heterocycles. The largest absolute Gasteiger partial charge is 0.462 e. The van der Waals surface area contributed by atoms with Crippen LogP contribution in [0.5, 0.6) is 0 Å². The standard InChI is InChI=1S/C59H90O6/c1-4-7-10-13-16-19-22-25-27-28-29-30-32-34-37-40-43-46-49-52-58(61)64-55-56(54-63-57(60)51-48-45-42-39-36-33-24-21-18-15-12-9-6-3)65-59(62)53-50-47-44-41-38-35-31-26-23-20-17-14-11-8-5-2/h7-8,10-11,14,16-17,19-20,23,25-27,29-31,33-38,42,45,56H,4-6,9,12-13,15,18,21-22,24,28,32,39-41,43-44,46-55H2,1-3H3/b10-7-,11-8-,17-14-,19-16-,23-20-,27-25-,30-29-,31-26-,36-33-,37-34-,38-35-,45-42-. The van der Waals surface area contributed by atoms with Crippen molar-refractivity contribution in [2.45, 2.75) is 194 Å². The van der Waals surface area contributed by atoms with Crippen molar-refractivity contribution in [2.24, 2.45) is 0 Å². The molecule has 0 fully saturated rings. The van der Waals surface area contributed by atoms with Gasteiger partial charge in [-0.3, -0.25) is 14.4 Å². The van der Waals surface area contributed by atoms with Crippen molar-refractivity contribution in [3.8, 4) is 0 Å². The first kappa shape index (κ1) is 60.3. The van der Waals surface area contributed by atoms with Crippen LogP contribution in [0.2, 0.25) is 0 Å². The second-order valence-electron chi connectivity index (χ2n) is 16.1. The lowest BCUT2D eigenvalue weighted by molar-refractivity contribution is -0.166. The molecule has 362 valence electrons. The summed E-state index contributed by atoms with van der Waals surface area (Å²) in [6, 6.07) is 0. The maximum Gasteiger partial charge on any atom is 0.306 e. The van der Waals surface area contributed by atoms with Crippen molar-refractivity contribution in [1.29, 1.82) is 0 Å². The summed E-state index contributed by atoms with van der Waals surface area (Å²) in [6.45, 7) is 6.22. The van der Waals surface area contributed by atoms with Crippen molar-refractivity contribution >= 4 is 17.9 Å². The van der Waals surface area contributed by atoms with E-state index in [2.05, 4.69) is 112 Å². The van der Waals surface area contributed by atoms with E-state index in [1.54, 1.807) is 0 Å². The lowest BCUT2D eigenvalue weighted by atomic mass is 10.1. The number of unbranched alkanes of at least 4 members (excludes halogenated alkanes) is 12. The van der Waals surface area contributed by atoms with Gasteiger partial charge in [0.25, 0.3) is 0 Å². The average Bonchev–Trinajstić information content (AvgIpc) is 3.30. The molecule has 0 aromatic rings. The zero-order valence-electron chi connectivity index (χ0n) is 41.2. The van der Waals surface area contributed by atoms with Gasteiger partial charge in [0.2, 0.25) is 0 Å². The van der Waals surface area contributed by atoms with Crippen LogP contribution in [0.15, 0.2) is 146 Å². The topological polar surface area (TPSA) is 78.9 Å². The molecule has 0 rings (SSSR count). The predicted octanol–water partition coefficient (Wildman–Crippen LogP) is 16.9. The second kappa shape index (κ2) is 51.9. The van der Waals surface area contributed by atoms with Crippen LogP contribution in [0, 0.1) is 0 Å². The fraction of sp³-hybridized carbons (Fsp3) is 0.542. The zero-order valence-corrected chi connectivity index (χ0v) is 41.2. The van der Waals surface area contributed by atoms with E-state index >= 15 is 0 Å². The lowest BCUT2D eigenvalue weighted by Crippen LogP contribution is -2.30. The molecule has 0 aliphatic heterocycles. The minimum absolute atomic E-state index is 0.136. The third kappa shape index (κ3) is 50.2. The number of hydrogen-bond acceptors (Lipinski definition) is 6. The SMILES string of the molecule is CC\C=C/C=C\C=C/C=C\C=C/CCCCCC(=O)OC(COC(=O)CC/C=C\C/C=C\CCCCCCCC)COC(=O)CCCCC/C=C\C/C=C\C/C=C\C/C=C\C/C=C\CC. The van der Waals surface area contributed by atoms with Crippen LogP contribution in [-0.4, -0.2) is 37.2 Å². The normalized spacial score (nSPS) is 13.3.